The molecule has 1 fully saturated rings. The van der Waals surface area contributed by atoms with E-state index in [9.17, 15) is 9.59 Å². The van der Waals surface area contributed by atoms with Gasteiger partial charge in [-0.05, 0) is 30.4 Å². The predicted octanol–water partition coefficient (Wildman–Crippen LogP) is 3.20. The van der Waals surface area contributed by atoms with Crippen LogP contribution in [0.3, 0.4) is 0 Å². The quantitative estimate of drug-likeness (QED) is 0.873. The molecule has 0 unspecified atom stereocenters. The zero-order valence-electron chi connectivity index (χ0n) is 12.0. The summed E-state index contributed by atoms with van der Waals surface area (Å²) in [6, 6.07) is 8.82. The van der Waals surface area contributed by atoms with Gasteiger partial charge in [0.25, 0.3) is 0 Å². The van der Waals surface area contributed by atoms with E-state index in [-0.39, 0.29) is 11.8 Å². The molecule has 21 heavy (non-hydrogen) atoms. The summed E-state index contributed by atoms with van der Waals surface area (Å²) in [5.74, 6) is -0.332. The number of nitrogens with one attached hydrogen (secondary N) is 1. The number of amides is 1. The van der Waals surface area contributed by atoms with Gasteiger partial charge in [0.05, 0.1) is 6.42 Å². The van der Waals surface area contributed by atoms with Crippen LogP contribution in [-0.4, -0.2) is 23.7 Å². The summed E-state index contributed by atoms with van der Waals surface area (Å²) in [6.45, 7) is 0.352. The maximum atomic E-state index is 11.8. The van der Waals surface area contributed by atoms with Crippen molar-refractivity contribution in [3.63, 3.8) is 0 Å². The Balaban J connectivity index is 1.89. The average Bonchev–Trinajstić information content (AvgIpc) is 2.47. The first kappa shape index (κ1) is 15.4. The molecule has 1 aliphatic carbocycles. The summed E-state index contributed by atoms with van der Waals surface area (Å²) < 4.78 is 5.16. The predicted molar refractivity (Wildman–Crippen MR) is 78.2 cm³/mol. The molecule has 0 heterocycles. The minimum atomic E-state index is -0.810. The van der Waals surface area contributed by atoms with Crippen LogP contribution in [0.15, 0.2) is 30.3 Å². The van der Waals surface area contributed by atoms with Gasteiger partial charge in [-0.25, -0.2) is 4.79 Å². The van der Waals surface area contributed by atoms with Gasteiger partial charge in [0.1, 0.15) is 5.75 Å². The highest BCUT2D eigenvalue weighted by Crippen LogP contribution is 2.38. The van der Waals surface area contributed by atoms with Crippen LogP contribution < -0.4 is 10.1 Å². The number of benzene rings is 1. The fourth-order valence-electron chi connectivity index (χ4n) is 2.93. The summed E-state index contributed by atoms with van der Waals surface area (Å²) in [7, 11) is 0. The molecule has 0 spiro atoms. The molecule has 5 heteroatoms. The molecule has 1 aromatic carbocycles. The minimum Gasteiger partial charge on any atom is -0.481 e. The van der Waals surface area contributed by atoms with Crippen molar-refractivity contribution in [3.8, 4) is 5.75 Å². The number of carbonyl (C=O) groups is 2. The third-order valence-corrected chi connectivity index (χ3v) is 4.00. The Labute approximate surface area is 124 Å². The van der Waals surface area contributed by atoms with Crippen LogP contribution in [0.1, 0.15) is 38.5 Å². The number of hydrogen-bond donors (Lipinski definition) is 2. The smallest absolute Gasteiger partial charge is 0.412 e. The van der Waals surface area contributed by atoms with Crippen LogP contribution in [-0.2, 0) is 4.79 Å². The van der Waals surface area contributed by atoms with Gasteiger partial charge in [-0.3, -0.25) is 4.79 Å². The lowest BCUT2D eigenvalue weighted by Crippen LogP contribution is -2.41. The van der Waals surface area contributed by atoms with Crippen LogP contribution in [0, 0.1) is 5.41 Å². The minimum absolute atomic E-state index is 0.0959. The fourth-order valence-corrected chi connectivity index (χ4v) is 2.93. The lowest BCUT2D eigenvalue weighted by molar-refractivity contribution is -0.140. The molecule has 0 radical (unpaired) electrons. The maximum absolute atomic E-state index is 11.8. The average molecular weight is 291 g/mol. The van der Waals surface area contributed by atoms with Gasteiger partial charge in [-0.15, -0.1) is 0 Å². The highest BCUT2D eigenvalue weighted by molar-refractivity contribution is 5.71. The molecule has 1 amide bonds. The molecule has 0 bridgehead atoms. The van der Waals surface area contributed by atoms with E-state index in [1.54, 1.807) is 24.3 Å². The number of para-hydroxylation sites is 1. The van der Waals surface area contributed by atoms with E-state index in [2.05, 4.69) is 5.32 Å². The topological polar surface area (TPSA) is 75.6 Å². The third kappa shape index (κ3) is 4.77. The van der Waals surface area contributed by atoms with Crippen LogP contribution in [0.5, 0.6) is 5.75 Å². The highest BCUT2D eigenvalue weighted by Gasteiger charge is 2.34. The van der Waals surface area contributed by atoms with E-state index in [0.717, 1.165) is 32.1 Å². The Bertz CT molecular complexity index is 480. The van der Waals surface area contributed by atoms with Crippen LogP contribution in [0.2, 0.25) is 0 Å². The Morgan fingerprint density at radius 3 is 2.43 bits per heavy atom. The Morgan fingerprint density at radius 1 is 1.14 bits per heavy atom. The standard InChI is InChI=1S/C16H21NO4/c18-14(19)11-16(9-5-2-6-10-16)12-17-15(20)21-13-7-3-1-4-8-13/h1,3-4,7-8H,2,5-6,9-12H2,(H,17,20)(H,18,19). The zero-order valence-corrected chi connectivity index (χ0v) is 12.0. The first-order valence-corrected chi connectivity index (χ1v) is 7.32. The number of carboxylic acid groups (broad SMARTS) is 1. The van der Waals surface area contributed by atoms with Gasteiger partial charge in [0, 0.05) is 6.54 Å². The molecule has 0 atom stereocenters. The number of ether oxygens (including phenoxy) is 1. The van der Waals surface area contributed by atoms with E-state index in [1.807, 2.05) is 6.07 Å². The van der Waals surface area contributed by atoms with Gasteiger partial charge in [-0.2, -0.15) is 0 Å². The van der Waals surface area contributed by atoms with E-state index >= 15 is 0 Å². The Kier molecular flexibility index (Phi) is 5.20. The largest absolute Gasteiger partial charge is 0.481 e. The molecule has 114 valence electrons. The molecule has 0 aliphatic heterocycles. The molecule has 1 aliphatic rings. The first-order valence-electron chi connectivity index (χ1n) is 7.32. The normalized spacial score (nSPS) is 17.0. The number of hydrogen-bond acceptors (Lipinski definition) is 3. The third-order valence-electron chi connectivity index (χ3n) is 4.00. The van der Waals surface area contributed by atoms with E-state index in [0.29, 0.717) is 12.3 Å². The molecule has 2 rings (SSSR count). The van der Waals surface area contributed by atoms with Gasteiger partial charge >= 0.3 is 12.1 Å². The van der Waals surface area contributed by atoms with Crippen LogP contribution >= 0.6 is 0 Å². The van der Waals surface area contributed by atoms with Crippen molar-refractivity contribution in [2.75, 3.05) is 6.54 Å². The SMILES string of the molecule is O=C(O)CC1(CNC(=O)Oc2ccccc2)CCCCC1. The van der Waals surface area contributed by atoms with Gasteiger partial charge in [-0.1, -0.05) is 37.5 Å². The molecule has 2 N–H and O–H groups in total. The van der Waals surface area contributed by atoms with Crippen molar-refractivity contribution < 1.29 is 19.4 Å². The molecular weight excluding hydrogens is 270 g/mol. The summed E-state index contributed by atoms with van der Waals surface area (Å²) in [5.41, 5.74) is -0.334. The molecular formula is C16H21NO4. The lowest BCUT2D eigenvalue weighted by atomic mass is 9.72. The maximum Gasteiger partial charge on any atom is 0.412 e. The van der Waals surface area contributed by atoms with E-state index in [4.69, 9.17) is 9.84 Å². The number of rotatable bonds is 5. The van der Waals surface area contributed by atoms with Crippen molar-refractivity contribution >= 4 is 12.1 Å². The highest BCUT2D eigenvalue weighted by atomic mass is 16.6. The van der Waals surface area contributed by atoms with Crippen molar-refractivity contribution in [3.05, 3.63) is 30.3 Å². The van der Waals surface area contributed by atoms with Gasteiger partial charge in [0.15, 0.2) is 0 Å². The molecule has 0 aromatic heterocycles. The van der Waals surface area contributed by atoms with Crippen molar-refractivity contribution in [2.24, 2.45) is 5.41 Å². The number of aliphatic carboxylic acids is 1. The number of carboxylic acids is 1. The molecule has 0 saturated heterocycles. The second-order valence-corrected chi connectivity index (χ2v) is 5.69. The van der Waals surface area contributed by atoms with E-state index in [1.165, 1.54) is 0 Å². The van der Waals surface area contributed by atoms with E-state index < -0.39 is 12.1 Å². The fraction of sp³-hybridized carbons (Fsp3) is 0.500. The van der Waals surface area contributed by atoms with Crippen LogP contribution in [0.4, 0.5) is 4.79 Å². The second-order valence-electron chi connectivity index (χ2n) is 5.69. The van der Waals surface area contributed by atoms with Crippen molar-refractivity contribution in [1.82, 2.24) is 5.32 Å². The van der Waals surface area contributed by atoms with Crippen molar-refractivity contribution in [1.29, 1.82) is 0 Å². The Hall–Kier alpha value is -2.04. The molecule has 5 nitrogen and oxygen atoms in total. The number of carbonyl (C=O) groups excluding carboxylic acids is 1. The monoisotopic (exact) mass is 291 g/mol. The van der Waals surface area contributed by atoms with Gasteiger partial charge < -0.3 is 15.2 Å². The summed E-state index contributed by atoms with van der Waals surface area (Å²) in [5, 5.41) is 11.8. The van der Waals surface area contributed by atoms with Gasteiger partial charge in [0.2, 0.25) is 0 Å². The molecule has 1 saturated carbocycles. The molecule has 1 aromatic rings. The second kappa shape index (κ2) is 7.11. The van der Waals surface area contributed by atoms with Crippen molar-refractivity contribution in [2.45, 2.75) is 38.5 Å². The lowest BCUT2D eigenvalue weighted by Gasteiger charge is -2.36. The van der Waals surface area contributed by atoms with Crippen LogP contribution in [0.25, 0.3) is 0 Å². The summed E-state index contributed by atoms with van der Waals surface area (Å²) in [6.07, 6.45) is 4.41. The zero-order chi connectivity index (χ0) is 15.1. The summed E-state index contributed by atoms with van der Waals surface area (Å²) in [4.78, 5) is 22.9. The first-order chi connectivity index (χ1) is 10.1. The Morgan fingerprint density at radius 2 is 1.81 bits per heavy atom. The summed E-state index contributed by atoms with van der Waals surface area (Å²) >= 11 is 0.